The van der Waals surface area contributed by atoms with E-state index in [0.717, 1.165) is 11.3 Å². The van der Waals surface area contributed by atoms with E-state index < -0.39 is 0 Å². The van der Waals surface area contributed by atoms with Crippen molar-refractivity contribution in [2.75, 3.05) is 0 Å². The zero-order valence-electron chi connectivity index (χ0n) is 10.4. The predicted octanol–water partition coefficient (Wildman–Crippen LogP) is 3.84. The van der Waals surface area contributed by atoms with Crippen LogP contribution < -0.4 is 5.32 Å². The Bertz CT molecular complexity index is 444. The molecular weight excluding hydrogens is 232 g/mol. The molecule has 1 aromatic rings. The lowest BCUT2D eigenvalue weighted by Crippen LogP contribution is -2.29. The second-order valence-electron chi connectivity index (χ2n) is 4.34. The minimum Gasteiger partial charge on any atom is -0.381 e. The van der Waals surface area contributed by atoms with Crippen molar-refractivity contribution in [3.05, 3.63) is 40.9 Å². The van der Waals surface area contributed by atoms with Gasteiger partial charge in [-0.05, 0) is 18.9 Å². The highest BCUT2D eigenvalue weighted by molar-refractivity contribution is 6.32. The first-order chi connectivity index (χ1) is 8.06. The second kappa shape index (κ2) is 6.32. The van der Waals surface area contributed by atoms with Crippen LogP contribution in [-0.2, 0) is 0 Å². The van der Waals surface area contributed by atoms with Crippen LogP contribution in [0.1, 0.15) is 26.3 Å². The lowest BCUT2D eigenvalue weighted by Gasteiger charge is -2.21. The molecule has 3 heteroatoms. The topological polar surface area (TPSA) is 35.8 Å². The van der Waals surface area contributed by atoms with Gasteiger partial charge in [0.1, 0.15) is 0 Å². The Balaban J connectivity index is 3.01. The third-order valence-electron chi connectivity index (χ3n) is 2.76. The smallest absolute Gasteiger partial charge is 0.0933 e. The molecule has 2 nitrogen and oxygen atoms in total. The number of nitrogens with one attached hydrogen (secondary N) is 1. The zero-order valence-corrected chi connectivity index (χ0v) is 11.1. The highest BCUT2D eigenvalue weighted by Gasteiger charge is 2.11. The molecule has 17 heavy (non-hydrogen) atoms. The molecule has 0 radical (unpaired) electrons. The van der Waals surface area contributed by atoms with E-state index in [1.54, 1.807) is 0 Å². The Morgan fingerprint density at radius 3 is 2.53 bits per heavy atom. The van der Waals surface area contributed by atoms with Crippen molar-refractivity contribution in [2.24, 2.45) is 5.92 Å². The highest BCUT2D eigenvalue weighted by Crippen LogP contribution is 2.22. The summed E-state index contributed by atoms with van der Waals surface area (Å²) in [6.45, 7) is 6.36. The third kappa shape index (κ3) is 3.80. The van der Waals surface area contributed by atoms with Crippen molar-refractivity contribution in [1.82, 2.24) is 5.32 Å². The Morgan fingerprint density at radius 2 is 2.00 bits per heavy atom. The summed E-state index contributed by atoms with van der Waals surface area (Å²) in [5, 5.41) is 12.8. The van der Waals surface area contributed by atoms with Gasteiger partial charge in [0.2, 0.25) is 0 Å². The van der Waals surface area contributed by atoms with Crippen molar-refractivity contribution in [3.8, 4) is 6.07 Å². The molecule has 0 fully saturated rings. The summed E-state index contributed by atoms with van der Waals surface area (Å²) in [7, 11) is 0. The number of nitriles is 1. The Morgan fingerprint density at radius 1 is 1.35 bits per heavy atom. The first-order valence-corrected chi connectivity index (χ1v) is 6.05. The molecule has 0 aliphatic heterocycles. The van der Waals surface area contributed by atoms with Gasteiger partial charge in [0.15, 0.2) is 0 Å². The maximum absolute atomic E-state index is 8.83. The Kier molecular flexibility index (Phi) is 5.06. The van der Waals surface area contributed by atoms with Crippen molar-refractivity contribution < 1.29 is 0 Å². The fraction of sp³-hybridized carbons (Fsp3) is 0.357. The number of hydrogen-bond acceptors (Lipinski definition) is 2. The maximum Gasteiger partial charge on any atom is 0.0933 e. The second-order valence-corrected chi connectivity index (χ2v) is 4.75. The summed E-state index contributed by atoms with van der Waals surface area (Å²) in [5.41, 5.74) is 1.64. The molecule has 1 unspecified atom stereocenters. The summed E-state index contributed by atoms with van der Waals surface area (Å²) in [6, 6.07) is 9.86. The molecule has 1 aromatic carbocycles. The van der Waals surface area contributed by atoms with Gasteiger partial charge in [0, 0.05) is 22.7 Å². The molecule has 90 valence electrons. The molecular formula is C14H17ClN2. The van der Waals surface area contributed by atoms with E-state index in [9.17, 15) is 0 Å². The summed E-state index contributed by atoms with van der Waals surface area (Å²) in [6.07, 6.45) is 1.50. The zero-order chi connectivity index (χ0) is 12.8. The molecule has 0 aromatic heterocycles. The van der Waals surface area contributed by atoms with Crippen LogP contribution in [0.2, 0.25) is 5.02 Å². The largest absolute Gasteiger partial charge is 0.381 e. The first kappa shape index (κ1) is 13.6. The van der Waals surface area contributed by atoms with E-state index in [1.807, 2.05) is 24.3 Å². The van der Waals surface area contributed by atoms with Crippen LogP contribution >= 0.6 is 11.6 Å². The predicted molar refractivity (Wildman–Crippen MR) is 72.5 cm³/mol. The van der Waals surface area contributed by atoms with Crippen LogP contribution in [0.25, 0.3) is 5.70 Å². The lowest BCUT2D eigenvalue weighted by atomic mass is 10.0. The van der Waals surface area contributed by atoms with Gasteiger partial charge in [-0.3, -0.25) is 0 Å². The minimum atomic E-state index is 0.283. The van der Waals surface area contributed by atoms with Crippen LogP contribution in [0.4, 0.5) is 0 Å². The molecule has 0 heterocycles. The van der Waals surface area contributed by atoms with E-state index in [0.29, 0.717) is 10.9 Å². The standard InChI is InChI=1S/C14H17ClN2/c1-10(2)11(3)17-14(8-9-16)12-6-4-5-7-13(12)15/h4-8,10-11,17H,1-3H3/b14-8+. The van der Waals surface area contributed by atoms with Crippen LogP contribution in [0.15, 0.2) is 30.3 Å². The fourth-order valence-electron chi connectivity index (χ4n) is 1.35. The van der Waals surface area contributed by atoms with Gasteiger partial charge >= 0.3 is 0 Å². The molecule has 0 spiro atoms. The van der Waals surface area contributed by atoms with Gasteiger partial charge in [0.25, 0.3) is 0 Å². The van der Waals surface area contributed by atoms with Crippen molar-refractivity contribution in [2.45, 2.75) is 26.8 Å². The molecule has 0 saturated carbocycles. The molecule has 1 atom stereocenters. The van der Waals surface area contributed by atoms with Gasteiger partial charge in [-0.15, -0.1) is 0 Å². The Hall–Kier alpha value is -1.46. The normalized spacial score (nSPS) is 13.3. The number of nitrogens with zero attached hydrogens (tertiary/aromatic N) is 1. The molecule has 0 aliphatic carbocycles. The fourth-order valence-corrected chi connectivity index (χ4v) is 1.59. The van der Waals surface area contributed by atoms with Gasteiger partial charge in [-0.1, -0.05) is 43.6 Å². The van der Waals surface area contributed by atoms with Crippen molar-refractivity contribution in [3.63, 3.8) is 0 Å². The highest BCUT2D eigenvalue weighted by atomic mass is 35.5. The quantitative estimate of drug-likeness (QED) is 0.822. The van der Waals surface area contributed by atoms with E-state index in [2.05, 4.69) is 32.2 Å². The van der Waals surface area contributed by atoms with Crippen LogP contribution in [0.3, 0.4) is 0 Å². The van der Waals surface area contributed by atoms with Gasteiger partial charge in [0.05, 0.1) is 11.8 Å². The van der Waals surface area contributed by atoms with Gasteiger partial charge in [-0.2, -0.15) is 5.26 Å². The maximum atomic E-state index is 8.83. The van der Waals surface area contributed by atoms with E-state index in [4.69, 9.17) is 16.9 Å². The number of rotatable bonds is 4. The van der Waals surface area contributed by atoms with Crippen molar-refractivity contribution in [1.29, 1.82) is 5.26 Å². The van der Waals surface area contributed by atoms with Crippen molar-refractivity contribution >= 4 is 17.3 Å². The molecule has 0 aliphatic rings. The average Bonchev–Trinajstić information content (AvgIpc) is 2.29. The van der Waals surface area contributed by atoms with E-state index in [1.165, 1.54) is 6.08 Å². The number of benzene rings is 1. The monoisotopic (exact) mass is 248 g/mol. The SMILES string of the molecule is CC(C)C(C)N/C(=C/C#N)c1ccccc1Cl. The summed E-state index contributed by atoms with van der Waals surface area (Å²) < 4.78 is 0. The molecule has 0 bridgehead atoms. The van der Waals surface area contributed by atoms with E-state index in [-0.39, 0.29) is 6.04 Å². The van der Waals surface area contributed by atoms with E-state index >= 15 is 0 Å². The molecule has 0 amide bonds. The Labute approximate surface area is 108 Å². The number of allylic oxidation sites excluding steroid dienone is 1. The molecule has 1 N–H and O–H groups in total. The minimum absolute atomic E-state index is 0.283. The first-order valence-electron chi connectivity index (χ1n) is 5.67. The number of halogens is 1. The third-order valence-corrected chi connectivity index (χ3v) is 3.09. The summed E-state index contributed by atoms with van der Waals surface area (Å²) >= 11 is 6.13. The van der Waals surface area contributed by atoms with Crippen LogP contribution in [0.5, 0.6) is 0 Å². The summed E-state index contributed by atoms with van der Waals surface area (Å²) in [4.78, 5) is 0. The lowest BCUT2D eigenvalue weighted by molar-refractivity contribution is 0.480. The number of hydrogen-bond donors (Lipinski definition) is 1. The van der Waals surface area contributed by atoms with Gasteiger partial charge in [-0.25, -0.2) is 0 Å². The van der Waals surface area contributed by atoms with Crippen LogP contribution in [0, 0.1) is 17.2 Å². The average molecular weight is 249 g/mol. The summed E-state index contributed by atoms with van der Waals surface area (Å²) in [5.74, 6) is 0.486. The molecule has 0 saturated heterocycles. The molecule has 1 rings (SSSR count). The van der Waals surface area contributed by atoms with Gasteiger partial charge < -0.3 is 5.32 Å². The van der Waals surface area contributed by atoms with Crippen LogP contribution in [-0.4, -0.2) is 6.04 Å².